The number of cyclic esters (lactones) is 1. The second-order valence-corrected chi connectivity index (χ2v) is 31.1. The molecule has 5 heterocycles. The number of esters is 2. The van der Waals surface area contributed by atoms with Crippen LogP contribution in [0.1, 0.15) is 131 Å². The Kier molecular flexibility index (Phi) is 27.4. The number of hydrogen-bond acceptors (Lipinski definition) is 20. The van der Waals surface area contributed by atoms with E-state index in [1.807, 2.05) is 30.8 Å². The average Bonchev–Trinajstić information content (AvgIpc) is 1.51. The summed E-state index contributed by atoms with van der Waals surface area (Å²) in [6.07, 6.45) is 0.778. The highest BCUT2D eigenvalue weighted by Gasteiger charge is 2.52. The molecule has 2 aromatic heterocycles. The lowest BCUT2D eigenvalue weighted by Crippen LogP contribution is -2.58. The maximum absolute atomic E-state index is 15.6. The van der Waals surface area contributed by atoms with E-state index in [1.54, 1.807) is 57.8 Å². The van der Waals surface area contributed by atoms with E-state index < -0.39 is 142 Å². The number of urea groups is 3. The molecule has 13 N–H and O–H groups in total. The summed E-state index contributed by atoms with van der Waals surface area (Å²) in [5.41, 5.74) is 7.76. The number of sulfonamides is 1. The Bertz CT molecular complexity index is 4910. The number of carbonyl (C=O) groups is 11. The van der Waals surface area contributed by atoms with Crippen LogP contribution in [-0.2, 0) is 83.0 Å². The molecule has 6 aromatic rings. The Morgan fingerprint density at radius 1 is 0.763 bits per heavy atom. The predicted octanol–water partition coefficient (Wildman–Crippen LogP) is 4.98. The number of aryl methyl sites for hydroxylation is 1. The summed E-state index contributed by atoms with van der Waals surface area (Å²) in [5.74, 6) is -7.68. The van der Waals surface area contributed by atoms with Gasteiger partial charge in [-0.25, -0.2) is 41.8 Å². The lowest BCUT2D eigenvalue weighted by atomic mass is 9.81. The molecule has 1 saturated heterocycles. The molecule has 610 valence electrons. The molecule has 3 aliphatic heterocycles. The fraction of sp³-hybridized carbons (Fsp3) is 0.449. The molecule has 10 rings (SSSR count). The fourth-order valence-corrected chi connectivity index (χ4v) is 15.7. The molecule has 6 atom stereocenters. The normalized spacial score (nSPS) is 16.8. The number of primary amides is 1. The van der Waals surface area contributed by atoms with Crippen molar-refractivity contribution in [3.63, 3.8) is 0 Å². The molecular weight excluding hydrogens is 1500 g/mol. The topological polar surface area (TPSA) is 455 Å². The number of likely N-dealkylation sites (N-methyl/N-ethyl adjacent to an activating group) is 3. The number of rotatable bonds is 34. The van der Waals surface area contributed by atoms with Crippen LogP contribution in [0.15, 0.2) is 94.6 Å². The van der Waals surface area contributed by atoms with Crippen molar-refractivity contribution in [2.24, 2.45) is 11.7 Å². The lowest BCUT2D eigenvalue weighted by Gasteiger charge is -2.37. The number of carboxylic acids is 1. The van der Waals surface area contributed by atoms with Gasteiger partial charge >= 0.3 is 36.0 Å². The van der Waals surface area contributed by atoms with Crippen molar-refractivity contribution < 1.29 is 80.1 Å². The molecule has 0 bridgehead atoms. The van der Waals surface area contributed by atoms with E-state index in [-0.39, 0.29) is 83.6 Å². The maximum atomic E-state index is 15.6. The zero-order valence-corrected chi connectivity index (χ0v) is 65.8. The van der Waals surface area contributed by atoms with E-state index in [0.29, 0.717) is 110 Å². The van der Waals surface area contributed by atoms with Gasteiger partial charge in [0.05, 0.1) is 65.4 Å². The summed E-state index contributed by atoms with van der Waals surface area (Å²) in [5, 5.41) is 34.9. The van der Waals surface area contributed by atoms with Gasteiger partial charge in [0.1, 0.15) is 30.5 Å². The molecule has 1 fully saturated rings. The standard InChI is InChI=1S/C78H98FN17O17S/c1-10-26-81-75(107)86-49-16-13-18-51(35-49)114(110,111)91-50-17-12-15-46(34-50)58(39-65(100)101)89-77(109)85-48-22-20-47(21-23-48)84-76(108)82-27-29-92(7)30-31-93(8)32-33-94(9)41-64(99)87-60(38-63(80)98)72(104)95-28-14-19-61(95)70(102)90-68(43(3)4)73(105)113-78(11-2)55-36-62-69-53(40-96(62)71(103)54(55)42-112-74(78)106)67-57(83-45(6)97)25-24-52-44(5)56(79)37-59(88-69)66(52)67/h12-13,15-18,20-23,34-37,43,57-58,60-61,68,91H,10-11,14,19,24-33,38-42H2,1-9H3,(H2,80,98)(H,83,97)(H,87,99)(H,90,102)(H,100,101)(H2,81,86,107)(H2,82,84,108)(H2,85,89,109). The second-order valence-electron chi connectivity index (χ2n) is 29.4. The van der Waals surface area contributed by atoms with Crippen molar-refractivity contribution in [1.29, 1.82) is 0 Å². The zero-order valence-electron chi connectivity index (χ0n) is 65.0. The van der Waals surface area contributed by atoms with Gasteiger partial charge in [-0.15, -0.1) is 0 Å². The number of carboxylic acid groups (broad SMARTS) is 1. The Morgan fingerprint density at radius 2 is 1.41 bits per heavy atom. The summed E-state index contributed by atoms with van der Waals surface area (Å²) in [4.78, 5) is 173. The van der Waals surface area contributed by atoms with Crippen LogP contribution in [0, 0.1) is 18.7 Å². The van der Waals surface area contributed by atoms with Crippen LogP contribution in [-0.4, -0.2) is 206 Å². The minimum absolute atomic E-state index is 0.0345. The fourth-order valence-electron chi connectivity index (χ4n) is 14.6. The summed E-state index contributed by atoms with van der Waals surface area (Å²) < 4.78 is 58.2. The Hall–Kier alpha value is -11.6. The molecule has 114 heavy (non-hydrogen) atoms. The van der Waals surface area contributed by atoms with Crippen molar-refractivity contribution in [3.8, 4) is 11.4 Å². The number of amides is 11. The zero-order chi connectivity index (χ0) is 82.6. The number of aliphatic carboxylic acids is 1. The van der Waals surface area contributed by atoms with Gasteiger partial charge in [0.2, 0.25) is 35.1 Å². The van der Waals surface area contributed by atoms with Crippen LogP contribution in [0.3, 0.4) is 0 Å². The average molecular weight is 1600 g/mol. The quantitative estimate of drug-likeness (QED) is 0.0237. The predicted molar refractivity (Wildman–Crippen MR) is 419 cm³/mol. The Labute approximate surface area is 658 Å². The van der Waals surface area contributed by atoms with Crippen LogP contribution in [0.2, 0.25) is 0 Å². The van der Waals surface area contributed by atoms with Gasteiger partial charge < -0.3 is 87.4 Å². The van der Waals surface area contributed by atoms with Gasteiger partial charge in [-0.05, 0) is 155 Å². The molecule has 36 heteroatoms. The Morgan fingerprint density at radius 3 is 2.07 bits per heavy atom. The summed E-state index contributed by atoms with van der Waals surface area (Å²) in [7, 11) is 1.29. The molecule has 0 saturated carbocycles. The first-order chi connectivity index (χ1) is 54.2. The number of fused-ring (bicyclic) bond motifs is 5. The number of pyridine rings is 2. The molecule has 0 radical (unpaired) electrons. The summed E-state index contributed by atoms with van der Waals surface area (Å²) in [6.45, 7) is 12.6. The van der Waals surface area contributed by atoms with Crippen LogP contribution in [0.25, 0.3) is 22.3 Å². The van der Waals surface area contributed by atoms with Crippen LogP contribution in [0.5, 0.6) is 0 Å². The van der Waals surface area contributed by atoms with Gasteiger partial charge in [0.15, 0.2) is 0 Å². The van der Waals surface area contributed by atoms with Crippen molar-refractivity contribution in [2.45, 2.75) is 147 Å². The highest BCUT2D eigenvalue weighted by Crippen LogP contribution is 2.47. The van der Waals surface area contributed by atoms with Crippen molar-refractivity contribution >= 4 is 109 Å². The number of ether oxygens (including phenoxy) is 2. The number of aromatic nitrogens is 2. The number of carbonyl (C=O) groups excluding carboxylic acids is 10. The Balaban J connectivity index is 0.659. The van der Waals surface area contributed by atoms with E-state index in [2.05, 4.69) is 52.6 Å². The summed E-state index contributed by atoms with van der Waals surface area (Å²) in [6, 6.07) is 13.1. The number of likely N-dealkylation sites (tertiary alicyclic amines) is 1. The summed E-state index contributed by atoms with van der Waals surface area (Å²) >= 11 is 0. The van der Waals surface area contributed by atoms with E-state index in [9.17, 15) is 71.1 Å². The monoisotopic (exact) mass is 1600 g/mol. The van der Waals surface area contributed by atoms with Crippen LogP contribution >= 0.6 is 0 Å². The van der Waals surface area contributed by atoms with E-state index in [0.717, 1.165) is 5.56 Å². The minimum atomic E-state index is -4.19. The number of hydrogen-bond donors (Lipinski definition) is 12. The third-order valence-corrected chi connectivity index (χ3v) is 22.0. The molecule has 1 aliphatic carbocycles. The number of anilines is 4. The highest BCUT2D eigenvalue weighted by molar-refractivity contribution is 7.92. The molecule has 11 amide bonds. The van der Waals surface area contributed by atoms with Crippen LogP contribution in [0.4, 0.5) is 41.5 Å². The number of nitrogens with zero attached hydrogens (tertiary/aromatic N) is 6. The van der Waals surface area contributed by atoms with Crippen molar-refractivity contribution in [2.75, 3.05) is 101 Å². The lowest BCUT2D eigenvalue weighted by molar-refractivity contribution is -0.191. The van der Waals surface area contributed by atoms with Crippen molar-refractivity contribution in [3.05, 3.63) is 140 Å². The van der Waals surface area contributed by atoms with E-state index in [4.69, 9.17) is 20.2 Å². The van der Waals surface area contributed by atoms with Gasteiger partial charge in [-0.2, -0.15) is 0 Å². The first-order valence-electron chi connectivity index (χ1n) is 37.7. The first-order valence-corrected chi connectivity index (χ1v) is 39.2. The van der Waals surface area contributed by atoms with Gasteiger partial charge in [-0.3, -0.25) is 43.2 Å². The third-order valence-electron chi connectivity index (χ3n) is 20.6. The number of nitrogens with two attached hydrogens (primary N) is 1. The molecule has 0 spiro atoms. The SMILES string of the molecule is CCCNC(=O)Nc1cccc(S(=O)(=O)Nc2cccc(C(CC(=O)O)NC(=O)Nc3ccc(NC(=O)NCCN(C)CCN(C)CCN(C)CC(=O)NC(CC(N)=O)C(=O)N4CCCC4C(=O)NC(C(=O)OC4(CC)C(=O)OCc5c4cc4n(c5=O)Cc5c-4nc4cc(F)c(C)c6c4c5C(NC(C)=O)CC6)C(C)C)cc3)c2)c1. The highest BCUT2D eigenvalue weighted by atomic mass is 32.2. The first kappa shape index (κ1) is 84.8. The molecule has 4 aromatic carbocycles. The van der Waals surface area contributed by atoms with Gasteiger partial charge in [-0.1, -0.05) is 45.9 Å². The van der Waals surface area contributed by atoms with Crippen molar-refractivity contribution in [1.82, 2.24) is 61.1 Å². The molecular formula is C78H98FN17O17S. The van der Waals surface area contributed by atoms with Crippen LogP contribution < -0.4 is 63.9 Å². The smallest absolute Gasteiger partial charge is 0.355 e. The van der Waals surface area contributed by atoms with E-state index in [1.165, 1.54) is 83.1 Å². The number of halogens is 1. The minimum Gasteiger partial charge on any atom is -0.481 e. The second kappa shape index (κ2) is 36.9. The molecule has 4 aliphatic rings. The van der Waals surface area contributed by atoms with Gasteiger partial charge in [0, 0.05) is 105 Å². The molecule has 6 unspecified atom stereocenters. The molecule has 34 nitrogen and oxygen atoms in total. The van der Waals surface area contributed by atoms with E-state index >= 15 is 4.39 Å². The maximum Gasteiger partial charge on any atom is 0.355 e. The third kappa shape index (κ3) is 20.2. The van der Waals surface area contributed by atoms with Gasteiger partial charge in [0.25, 0.3) is 15.6 Å². The largest absolute Gasteiger partial charge is 0.481 e. The number of nitrogens with one attached hydrogen (secondary N) is 10. The number of benzene rings is 4.